The second-order valence-corrected chi connectivity index (χ2v) is 6.65. The summed E-state index contributed by atoms with van der Waals surface area (Å²) in [7, 11) is 0. The van der Waals surface area contributed by atoms with E-state index in [1.54, 1.807) is 0 Å². The molecule has 3 aromatic carbocycles. The number of amides is 1. The summed E-state index contributed by atoms with van der Waals surface area (Å²) in [6.07, 6.45) is 0.799. The van der Waals surface area contributed by atoms with Gasteiger partial charge in [0.15, 0.2) is 0 Å². The Bertz CT molecular complexity index is 946. The second kappa shape index (κ2) is 6.68. The fourth-order valence-electron chi connectivity index (χ4n) is 3.54. The van der Waals surface area contributed by atoms with Crippen molar-refractivity contribution in [1.29, 1.82) is 0 Å². The van der Waals surface area contributed by atoms with Crippen molar-refractivity contribution in [2.45, 2.75) is 26.4 Å². The first-order chi connectivity index (χ1) is 12.7. The van der Waals surface area contributed by atoms with Crippen molar-refractivity contribution in [3.05, 3.63) is 95.1 Å². The van der Waals surface area contributed by atoms with Gasteiger partial charge in [-0.05, 0) is 48.7 Å². The number of aryl methyl sites for hydroxylation is 2. The molecule has 1 aliphatic rings. The fraction of sp³-hybridized carbons (Fsp3) is 0.174. The van der Waals surface area contributed by atoms with Crippen LogP contribution in [0.5, 0.6) is 0 Å². The van der Waals surface area contributed by atoms with Crippen LogP contribution in [0.15, 0.2) is 72.8 Å². The van der Waals surface area contributed by atoms with Gasteiger partial charge in [0.25, 0.3) is 5.91 Å². The molecule has 1 heterocycles. The number of anilines is 2. The molecule has 4 rings (SSSR count). The lowest BCUT2D eigenvalue weighted by molar-refractivity contribution is 0.0993. The van der Waals surface area contributed by atoms with Gasteiger partial charge in [0.05, 0.1) is 0 Å². The number of nitrogens with zero attached hydrogens (tertiary/aromatic N) is 1. The highest BCUT2D eigenvalue weighted by Gasteiger charge is 2.38. The number of nitrogens with one attached hydrogen (secondary N) is 1. The van der Waals surface area contributed by atoms with Crippen molar-refractivity contribution in [2.75, 3.05) is 10.2 Å². The maximum Gasteiger partial charge on any atom is 0.260 e. The van der Waals surface area contributed by atoms with E-state index in [0.29, 0.717) is 0 Å². The highest BCUT2D eigenvalue weighted by atomic mass is 16.2. The van der Waals surface area contributed by atoms with Gasteiger partial charge in [-0.2, -0.15) is 0 Å². The first kappa shape index (κ1) is 16.4. The predicted molar refractivity (Wildman–Crippen MR) is 107 cm³/mol. The lowest BCUT2D eigenvalue weighted by Gasteiger charge is -2.28. The van der Waals surface area contributed by atoms with Crippen molar-refractivity contribution in [2.24, 2.45) is 0 Å². The molecule has 0 saturated carbocycles. The Morgan fingerprint density at radius 1 is 0.923 bits per heavy atom. The van der Waals surface area contributed by atoms with Gasteiger partial charge in [0, 0.05) is 22.5 Å². The zero-order chi connectivity index (χ0) is 18.1. The average Bonchev–Trinajstić information content (AvgIpc) is 2.95. The van der Waals surface area contributed by atoms with E-state index in [1.165, 1.54) is 5.56 Å². The quantitative estimate of drug-likeness (QED) is 0.695. The van der Waals surface area contributed by atoms with Crippen molar-refractivity contribution in [3.63, 3.8) is 0 Å². The van der Waals surface area contributed by atoms with E-state index < -0.39 is 0 Å². The third kappa shape index (κ3) is 2.76. The molecular weight excluding hydrogens is 320 g/mol. The van der Waals surface area contributed by atoms with E-state index in [4.69, 9.17) is 0 Å². The van der Waals surface area contributed by atoms with Crippen molar-refractivity contribution < 1.29 is 4.79 Å². The van der Waals surface area contributed by atoms with Crippen LogP contribution in [0.2, 0.25) is 0 Å². The van der Waals surface area contributed by atoms with E-state index in [0.717, 1.165) is 34.5 Å². The van der Waals surface area contributed by atoms with Crippen LogP contribution in [-0.4, -0.2) is 5.91 Å². The highest BCUT2D eigenvalue weighted by Crippen LogP contribution is 2.39. The third-order valence-corrected chi connectivity index (χ3v) is 5.00. The molecule has 1 aliphatic heterocycles. The van der Waals surface area contributed by atoms with Crippen LogP contribution in [0.4, 0.5) is 11.4 Å². The van der Waals surface area contributed by atoms with Gasteiger partial charge >= 0.3 is 0 Å². The molecule has 0 saturated heterocycles. The average molecular weight is 342 g/mol. The van der Waals surface area contributed by atoms with Crippen LogP contribution in [0.25, 0.3) is 0 Å². The Labute approximate surface area is 154 Å². The molecule has 0 bridgehead atoms. The highest BCUT2D eigenvalue weighted by molar-refractivity contribution is 6.11. The SMILES string of the molecule is CCc1ccc(NC2c3ccccc3C(=O)N2c2ccccc2C)cc1. The van der Waals surface area contributed by atoms with Gasteiger partial charge in [-0.3, -0.25) is 9.69 Å². The minimum atomic E-state index is -0.215. The summed E-state index contributed by atoms with van der Waals surface area (Å²) in [4.78, 5) is 15.0. The summed E-state index contributed by atoms with van der Waals surface area (Å²) in [5, 5.41) is 3.56. The molecule has 26 heavy (non-hydrogen) atoms. The molecule has 0 fully saturated rings. The molecule has 0 spiro atoms. The Kier molecular flexibility index (Phi) is 4.21. The van der Waals surface area contributed by atoms with Gasteiger partial charge in [-0.25, -0.2) is 0 Å². The van der Waals surface area contributed by atoms with Gasteiger partial charge in [0.2, 0.25) is 0 Å². The molecule has 130 valence electrons. The summed E-state index contributed by atoms with van der Waals surface area (Å²) < 4.78 is 0. The monoisotopic (exact) mass is 342 g/mol. The zero-order valence-corrected chi connectivity index (χ0v) is 15.1. The summed E-state index contributed by atoms with van der Waals surface area (Å²) in [6, 6.07) is 24.3. The molecule has 0 radical (unpaired) electrons. The second-order valence-electron chi connectivity index (χ2n) is 6.65. The Balaban J connectivity index is 1.77. The van der Waals surface area contributed by atoms with Gasteiger partial charge in [-0.1, -0.05) is 55.5 Å². The van der Waals surface area contributed by atoms with Crippen molar-refractivity contribution in [3.8, 4) is 0 Å². The number of rotatable bonds is 4. The van der Waals surface area contributed by atoms with E-state index >= 15 is 0 Å². The molecule has 3 heteroatoms. The zero-order valence-electron chi connectivity index (χ0n) is 15.1. The Morgan fingerprint density at radius 3 is 2.35 bits per heavy atom. The van der Waals surface area contributed by atoms with Crippen molar-refractivity contribution >= 4 is 17.3 Å². The maximum absolute atomic E-state index is 13.1. The molecule has 3 aromatic rings. The summed E-state index contributed by atoms with van der Waals surface area (Å²) in [6.45, 7) is 4.19. The van der Waals surface area contributed by atoms with E-state index in [-0.39, 0.29) is 12.1 Å². The molecular formula is C23H22N2O. The van der Waals surface area contributed by atoms with Crippen LogP contribution >= 0.6 is 0 Å². The molecule has 0 aliphatic carbocycles. The lowest BCUT2D eigenvalue weighted by Crippen LogP contribution is -2.32. The standard InChI is InChI=1S/C23H22N2O/c1-3-17-12-14-18(15-13-17)24-22-19-9-5-6-10-20(19)23(26)25(22)21-11-7-4-8-16(21)2/h4-15,22,24H,3H2,1-2H3. The van der Waals surface area contributed by atoms with Gasteiger partial charge < -0.3 is 5.32 Å². The van der Waals surface area contributed by atoms with Crippen LogP contribution in [0.1, 0.15) is 40.1 Å². The van der Waals surface area contributed by atoms with Crippen molar-refractivity contribution in [1.82, 2.24) is 0 Å². The van der Waals surface area contributed by atoms with E-state index in [2.05, 4.69) is 36.5 Å². The van der Waals surface area contributed by atoms with Crippen LogP contribution < -0.4 is 10.2 Å². The lowest BCUT2D eigenvalue weighted by atomic mass is 10.1. The third-order valence-electron chi connectivity index (χ3n) is 5.00. The first-order valence-electron chi connectivity index (χ1n) is 9.02. The maximum atomic E-state index is 13.1. The number of benzene rings is 3. The summed E-state index contributed by atoms with van der Waals surface area (Å²) in [5.74, 6) is 0.0394. The molecule has 0 aromatic heterocycles. The minimum absolute atomic E-state index is 0.0394. The number of para-hydroxylation sites is 1. The number of carbonyl (C=O) groups excluding carboxylic acids is 1. The van der Waals surface area contributed by atoms with E-state index in [9.17, 15) is 4.79 Å². The molecule has 3 nitrogen and oxygen atoms in total. The Morgan fingerprint density at radius 2 is 1.62 bits per heavy atom. The fourth-order valence-corrected chi connectivity index (χ4v) is 3.54. The number of hydrogen-bond donors (Lipinski definition) is 1. The first-order valence-corrected chi connectivity index (χ1v) is 9.02. The van der Waals surface area contributed by atoms with E-state index in [1.807, 2.05) is 60.4 Å². The Hall–Kier alpha value is -3.07. The topological polar surface area (TPSA) is 32.3 Å². The van der Waals surface area contributed by atoms with Crippen LogP contribution in [0.3, 0.4) is 0 Å². The molecule has 1 unspecified atom stereocenters. The largest absolute Gasteiger partial charge is 0.361 e. The van der Waals surface area contributed by atoms with Crippen LogP contribution in [0, 0.1) is 6.92 Å². The normalized spacial score (nSPS) is 15.8. The number of hydrogen-bond acceptors (Lipinski definition) is 2. The molecule has 1 amide bonds. The number of fused-ring (bicyclic) bond motifs is 1. The minimum Gasteiger partial charge on any atom is -0.361 e. The van der Waals surface area contributed by atoms with Crippen LogP contribution in [-0.2, 0) is 6.42 Å². The smallest absolute Gasteiger partial charge is 0.260 e. The molecule has 1 atom stereocenters. The molecule has 1 N–H and O–H groups in total. The summed E-state index contributed by atoms with van der Waals surface area (Å²) in [5.41, 5.74) is 6.11. The summed E-state index contributed by atoms with van der Waals surface area (Å²) >= 11 is 0. The number of carbonyl (C=O) groups is 1. The predicted octanol–water partition coefficient (Wildman–Crippen LogP) is 5.33. The van der Waals surface area contributed by atoms with Gasteiger partial charge in [0.1, 0.15) is 6.17 Å². The van der Waals surface area contributed by atoms with Gasteiger partial charge in [-0.15, -0.1) is 0 Å².